The number of imidazole rings is 1. The standard InChI is InChI=1S/C27H21Cl2N9O3/c28-19-8-9-21(38-15-31-36-37-38)17(13-19)7-11-23(39)32-20(12-16-4-2-1-3-5-16)26-34-24(25(29)35-26)18-6-10-22(30-14-18)33-27(40)41/h1-11,13-15,20H,12H2,(H,30,33)(H,32,39)(H,34,35)(H,40,41). The Hall–Kier alpha value is -5.07. The van der Waals surface area contributed by atoms with Crippen LogP contribution in [0.4, 0.5) is 10.6 Å². The summed E-state index contributed by atoms with van der Waals surface area (Å²) in [5, 5.41) is 26.0. The van der Waals surface area contributed by atoms with Gasteiger partial charge in [0.25, 0.3) is 0 Å². The number of aromatic amines is 1. The predicted molar refractivity (Wildman–Crippen MR) is 153 cm³/mol. The van der Waals surface area contributed by atoms with Gasteiger partial charge in [0.1, 0.15) is 28.8 Å². The van der Waals surface area contributed by atoms with E-state index in [1.165, 1.54) is 29.3 Å². The van der Waals surface area contributed by atoms with Crippen LogP contribution in [-0.2, 0) is 11.2 Å². The number of halogens is 2. The third-order valence-corrected chi connectivity index (χ3v) is 6.39. The van der Waals surface area contributed by atoms with Crippen LogP contribution in [0.5, 0.6) is 0 Å². The molecule has 0 radical (unpaired) electrons. The fourth-order valence-electron chi connectivity index (χ4n) is 4.03. The molecule has 0 spiro atoms. The van der Waals surface area contributed by atoms with Crippen molar-refractivity contribution in [3.63, 3.8) is 0 Å². The van der Waals surface area contributed by atoms with Gasteiger partial charge in [0, 0.05) is 28.4 Å². The maximum Gasteiger partial charge on any atom is 0.410 e. The molecule has 206 valence electrons. The Kier molecular flexibility index (Phi) is 8.32. The number of hydrogen-bond acceptors (Lipinski definition) is 7. The number of tetrazole rings is 1. The fraction of sp³-hybridized carbons (Fsp3) is 0.0741. The van der Waals surface area contributed by atoms with Crippen molar-refractivity contribution in [1.29, 1.82) is 0 Å². The van der Waals surface area contributed by atoms with E-state index in [0.717, 1.165) is 5.56 Å². The van der Waals surface area contributed by atoms with E-state index in [1.54, 1.807) is 30.3 Å². The van der Waals surface area contributed by atoms with Crippen molar-refractivity contribution in [3.8, 4) is 16.9 Å². The molecule has 3 aromatic heterocycles. The van der Waals surface area contributed by atoms with Gasteiger partial charge in [0.05, 0.1) is 11.7 Å². The number of carbonyl (C=O) groups is 2. The van der Waals surface area contributed by atoms with E-state index in [-0.39, 0.29) is 16.9 Å². The zero-order chi connectivity index (χ0) is 28.8. The summed E-state index contributed by atoms with van der Waals surface area (Å²) >= 11 is 12.7. The van der Waals surface area contributed by atoms with E-state index >= 15 is 0 Å². The van der Waals surface area contributed by atoms with Crippen LogP contribution in [0.15, 0.2) is 79.3 Å². The molecule has 0 bridgehead atoms. The van der Waals surface area contributed by atoms with Gasteiger partial charge in [0.15, 0.2) is 0 Å². The Morgan fingerprint density at radius 3 is 2.63 bits per heavy atom. The Morgan fingerprint density at radius 2 is 1.93 bits per heavy atom. The smallest absolute Gasteiger partial charge is 0.410 e. The van der Waals surface area contributed by atoms with Crippen LogP contribution in [0.1, 0.15) is 23.0 Å². The first-order chi connectivity index (χ1) is 19.9. The van der Waals surface area contributed by atoms with E-state index in [4.69, 9.17) is 28.3 Å². The number of rotatable bonds is 9. The molecule has 41 heavy (non-hydrogen) atoms. The lowest BCUT2D eigenvalue weighted by molar-refractivity contribution is -0.117. The first-order valence-corrected chi connectivity index (χ1v) is 12.9. The molecule has 0 saturated carbocycles. The van der Waals surface area contributed by atoms with Crippen LogP contribution < -0.4 is 10.6 Å². The van der Waals surface area contributed by atoms with E-state index in [1.807, 2.05) is 30.3 Å². The number of nitrogens with zero attached hydrogens (tertiary/aromatic N) is 6. The second-order valence-electron chi connectivity index (χ2n) is 8.69. The minimum atomic E-state index is -1.22. The minimum absolute atomic E-state index is 0.164. The summed E-state index contributed by atoms with van der Waals surface area (Å²) in [6.45, 7) is 0. The Morgan fingerprint density at radius 1 is 1.10 bits per heavy atom. The zero-order valence-corrected chi connectivity index (χ0v) is 22.6. The summed E-state index contributed by atoms with van der Waals surface area (Å²) in [6.07, 6.45) is 5.12. The molecule has 0 fully saturated rings. The number of aromatic nitrogens is 7. The van der Waals surface area contributed by atoms with Gasteiger partial charge in [-0.2, -0.15) is 4.68 Å². The van der Waals surface area contributed by atoms with Crippen molar-refractivity contribution < 1.29 is 14.7 Å². The van der Waals surface area contributed by atoms with Crippen molar-refractivity contribution in [3.05, 3.63) is 106 Å². The van der Waals surface area contributed by atoms with Crippen LogP contribution in [0, 0.1) is 0 Å². The summed E-state index contributed by atoms with van der Waals surface area (Å²) in [5.74, 6) is 0.214. The quantitative estimate of drug-likeness (QED) is 0.175. The average molecular weight is 590 g/mol. The second kappa shape index (κ2) is 12.4. The zero-order valence-electron chi connectivity index (χ0n) is 21.1. The number of H-pyrrole nitrogens is 1. The van der Waals surface area contributed by atoms with Crippen LogP contribution in [-0.4, -0.2) is 52.3 Å². The van der Waals surface area contributed by atoms with Crippen molar-refractivity contribution in [2.24, 2.45) is 0 Å². The number of carboxylic acid groups (broad SMARTS) is 1. The molecule has 0 saturated heterocycles. The van der Waals surface area contributed by atoms with Crippen molar-refractivity contribution in [1.82, 2.24) is 40.5 Å². The lowest BCUT2D eigenvalue weighted by Crippen LogP contribution is -2.29. The first kappa shape index (κ1) is 27.5. The molecule has 5 rings (SSSR count). The van der Waals surface area contributed by atoms with Crippen molar-refractivity contribution >= 4 is 47.1 Å². The monoisotopic (exact) mass is 589 g/mol. The number of pyridine rings is 1. The highest BCUT2D eigenvalue weighted by molar-refractivity contribution is 6.32. The predicted octanol–water partition coefficient (Wildman–Crippen LogP) is 4.96. The number of anilines is 1. The van der Waals surface area contributed by atoms with E-state index in [2.05, 4.69) is 41.1 Å². The highest BCUT2D eigenvalue weighted by Crippen LogP contribution is 2.29. The summed E-state index contributed by atoms with van der Waals surface area (Å²) in [4.78, 5) is 35.8. The van der Waals surface area contributed by atoms with Crippen LogP contribution in [0.2, 0.25) is 10.2 Å². The Balaban J connectivity index is 1.40. The molecule has 5 aromatic rings. The van der Waals surface area contributed by atoms with Gasteiger partial charge < -0.3 is 15.4 Å². The third-order valence-electron chi connectivity index (χ3n) is 5.88. The van der Waals surface area contributed by atoms with Gasteiger partial charge >= 0.3 is 6.09 Å². The first-order valence-electron chi connectivity index (χ1n) is 12.1. The fourth-order valence-corrected chi connectivity index (χ4v) is 4.46. The largest absolute Gasteiger partial charge is 0.465 e. The molecule has 4 N–H and O–H groups in total. The summed E-state index contributed by atoms with van der Waals surface area (Å²) in [7, 11) is 0. The number of hydrogen-bond donors (Lipinski definition) is 4. The maximum atomic E-state index is 13.1. The van der Waals surface area contributed by atoms with Gasteiger partial charge in [-0.3, -0.25) is 10.1 Å². The molecular formula is C27H21Cl2N9O3. The summed E-state index contributed by atoms with van der Waals surface area (Å²) in [6, 6.07) is 17.4. The maximum absolute atomic E-state index is 13.1. The van der Waals surface area contributed by atoms with E-state index in [0.29, 0.717) is 39.8 Å². The van der Waals surface area contributed by atoms with E-state index in [9.17, 15) is 9.59 Å². The van der Waals surface area contributed by atoms with Crippen LogP contribution in [0.25, 0.3) is 23.0 Å². The molecule has 3 heterocycles. The Bertz CT molecular complexity index is 1690. The summed E-state index contributed by atoms with van der Waals surface area (Å²) < 4.78 is 1.47. The number of carbonyl (C=O) groups excluding carboxylic acids is 1. The van der Waals surface area contributed by atoms with Crippen LogP contribution >= 0.6 is 23.2 Å². The molecule has 0 aliphatic carbocycles. The van der Waals surface area contributed by atoms with Gasteiger partial charge in [-0.15, -0.1) is 5.10 Å². The molecule has 0 aliphatic rings. The third kappa shape index (κ3) is 6.93. The van der Waals surface area contributed by atoms with Gasteiger partial charge in [-0.25, -0.2) is 14.8 Å². The van der Waals surface area contributed by atoms with Gasteiger partial charge in [0.2, 0.25) is 5.91 Å². The molecule has 1 unspecified atom stereocenters. The van der Waals surface area contributed by atoms with Crippen molar-refractivity contribution in [2.45, 2.75) is 12.5 Å². The van der Waals surface area contributed by atoms with Crippen LogP contribution in [0.3, 0.4) is 0 Å². The van der Waals surface area contributed by atoms with Gasteiger partial charge in [-0.1, -0.05) is 53.5 Å². The minimum Gasteiger partial charge on any atom is -0.465 e. The number of amides is 2. The normalized spacial score (nSPS) is 11.9. The topological polar surface area (TPSA) is 164 Å². The molecule has 1 atom stereocenters. The van der Waals surface area contributed by atoms with Gasteiger partial charge in [-0.05, 0) is 58.8 Å². The molecule has 2 amide bonds. The molecule has 2 aromatic carbocycles. The highest BCUT2D eigenvalue weighted by Gasteiger charge is 2.21. The lowest BCUT2D eigenvalue weighted by atomic mass is 10.1. The lowest BCUT2D eigenvalue weighted by Gasteiger charge is -2.16. The SMILES string of the molecule is O=C(O)Nc1ccc(-c2nc(C(Cc3ccccc3)NC(=O)C=Cc3cc(Cl)ccc3-n3cnnn3)[nH]c2Cl)cn1. The second-order valence-corrected chi connectivity index (χ2v) is 9.50. The summed E-state index contributed by atoms with van der Waals surface area (Å²) in [5.41, 5.74) is 3.22. The highest BCUT2D eigenvalue weighted by atomic mass is 35.5. The number of nitrogens with one attached hydrogen (secondary N) is 3. The molecule has 0 aliphatic heterocycles. The molecule has 14 heteroatoms. The number of benzene rings is 2. The Labute approximate surface area is 243 Å². The average Bonchev–Trinajstić information content (AvgIpc) is 3.63. The van der Waals surface area contributed by atoms with Crippen molar-refractivity contribution in [2.75, 3.05) is 5.32 Å². The van der Waals surface area contributed by atoms with E-state index < -0.39 is 12.1 Å². The molecular weight excluding hydrogens is 569 g/mol. The molecule has 12 nitrogen and oxygen atoms in total.